The van der Waals surface area contributed by atoms with Crippen LogP contribution in [0.1, 0.15) is 6.42 Å². The summed E-state index contributed by atoms with van der Waals surface area (Å²) in [6, 6.07) is 0. The molecule has 2 fully saturated rings. The van der Waals surface area contributed by atoms with Crippen LogP contribution in [0.5, 0.6) is 0 Å². The molecule has 0 N–H and O–H groups in total. The van der Waals surface area contributed by atoms with Crippen LogP contribution in [-0.2, 0) is 28.1 Å². The van der Waals surface area contributed by atoms with Crippen LogP contribution in [-0.4, -0.2) is 23.9 Å². The van der Waals surface area contributed by atoms with Crippen molar-refractivity contribution in [2.45, 2.75) is 18.8 Å². The van der Waals surface area contributed by atoms with Crippen LogP contribution in [0, 0.1) is 64.2 Å². The van der Waals surface area contributed by atoms with E-state index < -0.39 is 30.3 Å². The zero-order chi connectivity index (χ0) is 17.9. The van der Waals surface area contributed by atoms with E-state index in [0.717, 1.165) is 0 Å². The summed E-state index contributed by atoms with van der Waals surface area (Å²) in [4.78, 5) is 19.8. The maximum absolute atomic E-state index is 11.3. The van der Waals surface area contributed by atoms with Crippen LogP contribution in [0.25, 0.3) is 0 Å². The normalized spacial score (nSPS) is 16.9. The van der Waals surface area contributed by atoms with Gasteiger partial charge in [0.2, 0.25) is 11.6 Å². The Bertz CT molecular complexity index is 309. The van der Waals surface area contributed by atoms with E-state index in [-0.39, 0.29) is 18.6 Å². The summed E-state index contributed by atoms with van der Waals surface area (Å²) in [5.41, 5.74) is 0. The van der Waals surface area contributed by atoms with Gasteiger partial charge in [-0.15, -0.1) is 0 Å². The number of halogens is 6. The van der Waals surface area contributed by atoms with Crippen LogP contribution >= 0.6 is 0 Å². The largest absolute Gasteiger partial charge is 4.00 e. The molecule has 11 radical (unpaired) electrons. The Labute approximate surface area is 149 Å². The summed E-state index contributed by atoms with van der Waals surface area (Å²) in [6.45, 7) is 0. The molecule has 2 saturated carbocycles. The molecule has 127 valence electrons. The van der Waals surface area contributed by atoms with E-state index in [1.165, 1.54) is 0 Å². The molecule has 0 spiro atoms. The second kappa shape index (κ2) is 12.8. The average Bonchev–Trinajstić information content (AvgIpc) is 3.15. The third kappa shape index (κ3) is 13.9. The summed E-state index contributed by atoms with van der Waals surface area (Å²) >= 11 is 0. The fourth-order valence-electron chi connectivity index (χ4n) is 0.988. The van der Waals surface area contributed by atoms with Crippen LogP contribution in [0.2, 0.25) is 0 Å². The van der Waals surface area contributed by atoms with Gasteiger partial charge in [0.25, 0.3) is 0 Å². The van der Waals surface area contributed by atoms with Gasteiger partial charge in [-0.1, -0.05) is 0 Å². The van der Waals surface area contributed by atoms with E-state index >= 15 is 0 Å². The molecule has 2 rings (SSSR count). The first kappa shape index (κ1) is 25.7. The minimum absolute atomic E-state index is 0. The molecule has 0 aromatic rings. The third-order valence-electron chi connectivity index (χ3n) is 2.06. The van der Waals surface area contributed by atoms with Crippen molar-refractivity contribution >= 4 is 11.6 Å². The van der Waals surface area contributed by atoms with Crippen molar-refractivity contribution in [1.29, 1.82) is 0 Å². The summed E-state index contributed by atoms with van der Waals surface area (Å²) < 4.78 is 68.0. The van der Waals surface area contributed by atoms with E-state index in [1.807, 2.05) is 64.2 Å². The molecule has 0 heterocycles. The van der Waals surface area contributed by atoms with E-state index in [9.17, 15) is 35.9 Å². The van der Waals surface area contributed by atoms with Gasteiger partial charge < -0.3 is 0 Å². The third-order valence-corrected chi connectivity index (χ3v) is 2.06. The average molecular weight is 389 g/mol. The number of hydrogen-bond donors (Lipinski definition) is 0. The van der Waals surface area contributed by atoms with Crippen LogP contribution in [0.15, 0.2) is 0 Å². The van der Waals surface area contributed by atoms with Gasteiger partial charge in [-0.05, 0) is 64.2 Å². The van der Waals surface area contributed by atoms with Gasteiger partial charge in [0.05, 0.1) is 6.42 Å². The van der Waals surface area contributed by atoms with Gasteiger partial charge in [-0.25, -0.2) is 0 Å². The topological polar surface area (TPSA) is 34.1 Å². The standard InChI is InChI=1S/C5H2F6O2.2C5H5.V/c6-4(7,8)2(12)1-3(13)5(9,10)11;2*1-2-4-5-3-1;/h1H2;2*1-5H;/q;;;+4. The smallest absolute Gasteiger partial charge is 0.289 e. The van der Waals surface area contributed by atoms with Crippen molar-refractivity contribution in [3.63, 3.8) is 0 Å². The molecule has 0 aliphatic heterocycles. The van der Waals surface area contributed by atoms with Gasteiger partial charge in [0.1, 0.15) is 0 Å². The molecule has 2 aliphatic carbocycles. The first-order chi connectivity index (χ1) is 10.5. The predicted molar refractivity (Wildman–Crippen MR) is 69.7 cm³/mol. The van der Waals surface area contributed by atoms with Crippen LogP contribution < -0.4 is 0 Å². The Morgan fingerprint density at radius 2 is 0.708 bits per heavy atom. The van der Waals surface area contributed by atoms with Crippen molar-refractivity contribution in [3.8, 4) is 0 Å². The van der Waals surface area contributed by atoms with Crippen LogP contribution in [0.4, 0.5) is 26.3 Å². The van der Waals surface area contributed by atoms with Gasteiger partial charge in [0.15, 0.2) is 0 Å². The van der Waals surface area contributed by atoms with Crippen molar-refractivity contribution in [2.75, 3.05) is 0 Å². The van der Waals surface area contributed by atoms with Gasteiger partial charge in [-0.2, -0.15) is 26.3 Å². The molecule has 2 aliphatic rings. The first-order valence-corrected chi connectivity index (χ1v) is 6.08. The van der Waals surface area contributed by atoms with Crippen molar-refractivity contribution < 1.29 is 54.5 Å². The number of ketones is 2. The number of carbonyl (C=O) groups is 2. The van der Waals surface area contributed by atoms with Gasteiger partial charge in [-0.3, -0.25) is 9.59 Å². The van der Waals surface area contributed by atoms with Crippen LogP contribution in [0.3, 0.4) is 0 Å². The number of Topliss-reactive ketones (excluding diaryl/α,β-unsaturated/α-hetero) is 2. The van der Waals surface area contributed by atoms with Gasteiger partial charge in [0, 0.05) is 0 Å². The fourth-order valence-corrected chi connectivity index (χ4v) is 0.988. The van der Waals surface area contributed by atoms with Crippen molar-refractivity contribution in [2.24, 2.45) is 0 Å². The Morgan fingerprint density at radius 1 is 0.542 bits per heavy atom. The Hall–Kier alpha value is -0.496. The van der Waals surface area contributed by atoms with E-state index in [2.05, 4.69) is 0 Å². The molecule has 0 amide bonds. The molecule has 0 saturated heterocycles. The zero-order valence-corrected chi connectivity index (χ0v) is 13.4. The molecule has 24 heavy (non-hydrogen) atoms. The number of alkyl halides is 6. The minimum atomic E-state index is -5.40. The van der Waals surface area contributed by atoms with Crippen molar-refractivity contribution in [3.05, 3.63) is 64.2 Å². The molecule has 2 nitrogen and oxygen atoms in total. The maximum Gasteiger partial charge on any atom is 4.00 e. The first-order valence-electron chi connectivity index (χ1n) is 6.08. The second-order valence-corrected chi connectivity index (χ2v) is 3.94. The summed E-state index contributed by atoms with van der Waals surface area (Å²) in [5.74, 6) is -5.40. The van der Waals surface area contributed by atoms with E-state index in [4.69, 9.17) is 0 Å². The second-order valence-electron chi connectivity index (χ2n) is 3.94. The molecule has 0 aromatic carbocycles. The van der Waals surface area contributed by atoms with E-state index in [0.29, 0.717) is 0 Å². The van der Waals surface area contributed by atoms with Gasteiger partial charge >= 0.3 is 30.9 Å². The minimum Gasteiger partial charge on any atom is -0.289 e. The maximum atomic E-state index is 11.3. The summed E-state index contributed by atoms with van der Waals surface area (Å²) in [7, 11) is 0. The number of carbonyl (C=O) groups excluding carboxylic acids is 2. The molecule has 9 heteroatoms. The number of rotatable bonds is 2. The zero-order valence-electron chi connectivity index (χ0n) is 12.0. The Kier molecular flexibility index (Phi) is 13.7. The quantitative estimate of drug-likeness (QED) is 0.534. The van der Waals surface area contributed by atoms with Crippen molar-refractivity contribution in [1.82, 2.24) is 0 Å². The fraction of sp³-hybridized carbons (Fsp3) is 0.200. The molecule has 0 aromatic heterocycles. The molecule has 0 unspecified atom stereocenters. The SMILES string of the molecule is O=C(CC(=O)C(F)(F)F)C(F)(F)F.[CH]1[CH][CH][CH][CH]1.[CH]1[CH][CH][CH][CH]1.[V+4]. The molecular formula is C15H12F6O2V+4. The number of hydrogen-bond acceptors (Lipinski definition) is 2. The molecular weight excluding hydrogens is 377 g/mol. The summed E-state index contributed by atoms with van der Waals surface area (Å²) in [6.07, 6.45) is 7.01. The Balaban J connectivity index is 0. The monoisotopic (exact) mass is 389 g/mol. The Morgan fingerprint density at radius 3 is 0.833 bits per heavy atom. The predicted octanol–water partition coefficient (Wildman–Crippen LogP) is 3.68. The van der Waals surface area contributed by atoms with E-state index in [1.54, 1.807) is 0 Å². The molecule has 0 bridgehead atoms. The summed E-state index contributed by atoms with van der Waals surface area (Å²) in [5, 5.41) is 0. The molecule has 0 atom stereocenters.